The molecule has 0 saturated heterocycles. The highest BCUT2D eigenvalue weighted by Crippen LogP contribution is 2.25. The molecule has 0 radical (unpaired) electrons. The molecular weight excluding hydrogens is 300 g/mol. The Labute approximate surface area is 142 Å². The highest BCUT2D eigenvalue weighted by atomic mass is 16.3. The zero-order chi connectivity index (χ0) is 16.8. The van der Waals surface area contributed by atoms with Gasteiger partial charge in [-0.3, -0.25) is 4.68 Å². The van der Waals surface area contributed by atoms with Gasteiger partial charge in [-0.2, -0.15) is 10.4 Å². The molecule has 1 aliphatic carbocycles. The molecule has 1 aromatic carbocycles. The van der Waals surface area contributed by atoms with Gasteiger partial charge in [-0.25, -0.2) is 0 Å². The second kappa shape index (κ2) is 8.09. The maximum absolute atomic E-state index is 9.93. The van der Waals surface area contributed by atoms with E-state index in [4.69, 9.17) is 5.26 Å². The highest BCUT2D eigenvalue weighted by Gasteiger charge is 2.24. The first kappa shape index (κ1) is 16.7. The van der Waals surface area contributed by atoms with Crippen LogP contribution in [0.5, 0.6) is 0 Å². The first-order chi connectivity index (χ1) is 11.8. The Morgan fingerprint density at radius 3 is 2.83 bits per heavy atom. The van der Waals surface area contributed by atoms with Crippen LogP contribution in [0.3, 0.4) is 0 Å². The number of aliphatic hydroxyl groups is 1. The van der Waals surface area contributed by atoms with Crippen molar-refractivity contribution >= 4 is 0 Å². The molecule has 1 aliphatic rings. The van der Waals surface area contributed by atoms with Crippen LogP contribution < -0.4 is 5.32 Å². The molecule has 0 amide bonds. The second-order valence-corrected chi connectivity index (χ2v) is 6.43. The quantitative estimate of drug-likeness (QED) is 0.821. The molecule has 2 atom stereocenters. The van der Waals surface area contributed by atoms with Gasteiger partial charge in [-0.05, 0) is 18.8 Å². The number of hydrogen-bond donors (Lipinski definition) is 2. The smallest absolute Gasteiger partial charge is 0.0968 e. The zero-order valence-electron chi connectivity index (χ0n) is 13.9. The number of aromatic nitrogens is 2. The first-order valence-electron chi connectivity index (χ1n) is 8.65. The third kappa shape index (κ3) is 4.02. The molecule has 1 heterocycles. The minimum Gasteiger partial charge on any atom is -0.393 e. The lowest BCUT2D eigenvalue weighted by molar-refractivity contribution is 0.131. The predicted molar refractivity (Wildman–Crippen MR) is 92.9 cm³/mol. The van der Waals surface area contributed by atoms with E-state index in [2.05, 4.69) is 28.6 Å². The van der Waals surface area contributed by atoms with Crippen LogP contribution in [0.1, 0.15) is 31.2 Å². The Balaban J connectivity index is 1.70. The highest BCUT2D eigenvalue weighted by molar-refractivity contribution is 5.62. The summed E-state index contributed by atoms with van der Waals surface area (Å²) in [6.07, 6.45) is 5.46. The Morgan fingerprint density at radius 1 is 1.29 bits per heavy atom. The number of nitriles is 1. The van der Waals surface area contributed by atoms with Crippen molar-refractivity contribution in [2.24, 2.45) is 5.92 Å². The number of benzene rings is 1. The van der Waals surface area contributed by atoms with E-state index in [0.29, 0.717) is 18.9 Å². The number of nitrogens with zero attached hydrogens (tertiary/aromatic N) is 3. The molecule has 5 heteroatoms. The molecule has 126 valence electrons. The van der Waals surface area contributed by atoms with Gasteiger partial charge in [0.2, 0.25) is 0 Å². The standard InChI is InChI=1S/C19H24N4O/c20-10-5-11-23-14-17(13-21-12-16-8-4-9-18(16)24)19(22-23)15-6-2-1-3-7-15/h1-3,6-7,14,16,18,21,24H,4-5,8-9,11-13H2. The van der Waals surface area contributed by atoms with Gasteiger partial charge in [0.05, 0.1) is 30.8 Å². The fraction of sp³-hybridized carbons (Fsp3) is 0.474. The van der Waals surface area contributed by atoms with Crippen molar-refractivity contribution in [3.05, 3.63) is 42.1 Å². The van der Waals surface area contributed by atoms with Crippen molar-refractivity contribution in [1.82, 2.24) is 15.1 Å². The number of aliphatic hydroxyl groups excluding tert-OH is 1. The van der Waals surface area contributed by atoms with Crippen LogP contribution in [0.2, 0.25) is 0 Å². The summed E-state index contributed by atoms with van der Waals surface area (Å²) in [5.41, 5.74) is 3.19. The average molecular weight is 324 g/mol. The minimum absolute atomic E-state index is 0.163. The molecule has 24 heavy (non-hydrogen) atoms. The van der Waals surface area contributed by atoms with E-state index in [1.54, 1.807) is 0 Å². The summed E-state index contributed by atoms with van der Waals surface area (Å²) >= 11 is 0. The Hall–Kier alpha value is -2.16. The van der Waals surface area contributed by atoms with Crippen LogP contribution in [-0.2, 0) is 13.1 Å². The van der Waals surface area contributed by atoms with Crippen molar-refractivity contribution in [2.45, 2.75) is 44.9 Å². The van der Waals surface area contributed by atoms with E-state index < -0.39 is 0 Å². The molecule has 2 unspecified atom stereocenters. The molecule has 0 bridgehead atoms. The first-order valence-corrected chi connectivity index (χ1v) is 8.65. The van der Waals surface area contributed by atoms with Crippen molar-refractivity contribution in [2.75, 3.05) is 6.54 Å². The molecule has 5 nitrogen and oxygen atoms in total. The Morgan fingerprint density at radius 2 is 2.12 bits per heavy atom. The molecule has 0 spiro atoms. The van der Waals surface area contributed by atoms with Crippen LogP contribution in [-0.4, -0.2) is 27.5 Å². The fourth-order valence-corrected chi connectivity index (χ4v) is 3.36. The van der Waals surface area contributed by atoms with E-state index in [9.17, 15) is 5.11 Å². The van der Waals surface area contributed by atoms with Gasteiger partial charge in [-0.1, -0.05) is 36.8 Å². The summed E-state index contributed by atoms with van der Waals surface area (Å²) in [6, 6.07) is 12.3. The zero-order valence-corrected chi connectivity index (χ0v) is 13.9. The van der Waals surface area contributed by atoms with Crippen molar-refractivity contribution < 1.29 is 5.11 Å². The number of nitrogens with one attached hydrogen (secondary N) is 1. The third-order valence-electron chi connectivity index (χ3n) is 4.68. The van der Waals surface area contributed by atoms with E-state index in [0.717, 1.165) is 49.2 Å². The maximum Gasteiger partial charge on any atom is 0.0968 e. The predicted octanol–water partition coefficient (Wildman–Crippen LogP) is 2.71. The summed E-state index contributed by atoms with van der Waals surface area (Å²) in [4.78, 5) is 0. The van der Waals surface area contributed by atoms with E-state index in [1.807, 2.05) is 29.1 Å². The van der Waals surface area contributed by atoms with Crippen LogP contribution >= 0.6 is 0 Å². The average Bonchev–Trinajstić information content (AvgIpc) is 3.20. The lowest BCUT2D eigenvalue weighted by Gasteiger charge is -2.15. The lowest BCUT2D eigenvalue weighted by Crippen LogP contribution is -2.27. The minimum atomic E-state index is -0.163. The number of aryl methyl sites for hydroxylation is 1. The fourth-order valence-electron chi connectivity index (χ4n) is 3.36. The van der Waals surface area contributed by atoms with Crippen LogP contribution in [0.25, 0.3) is 11.3 Å². The molecule has 1 fully saturated rings. The van der Waals surface area contributed by atoms with Crippen LogP contribution in [0.4, 0.5) is 0 Å². The van der Waals surface area contributed by atoms with Gasteiger partial charge in [0.1, 0.15) is 0 Å². The Kier molecular flexibility index (Phi) is 5.63. The van der Waals surface area contributed by atoms with Crippen LogP contribution in [0, 0.1) is 17.2 Å². The SMILES string of the molecule is N#CCCn1cc(CNCC2CCCC2O)c(-c2ccccc2)n1. The molecule has 3 rings (SSSR count). The molecule has 0 aliphatic heterocycles. The second-order valence-electron chi connectivity index (χ2n) is 6.43. The van der Waals surface area contributed by atoms with Gasteiger partial charge in [0, 0.05) is 30.4 Å². The van der Waals surface area contributed by atoms with E-state index >= 15 is 0 Å². The van der Waals surface area contributed by atoms with Gasteiger partial charge < -0.3 is 10.4 Å². The summed E-state index contributed by atoms with van der Waals surface area (Å²) in [6.45, 7) is 2.16. The molecule has 1 aromatic heterocycles. The number of hydrogen-bond acceptors (Lipinski definition) is 4. The van der Waals surface area contributed by atoms with Crippen molar-refractivity contribution in [3.8, 4) is 17.3 Å². The van der Waals surface area contributed by atoms with Gasteiger partial charge in [0.15, 0.2) is 0 Å². The largest absolute Gasteiger partial charge is 0.393 e. The van der Waals surface area contributed by atoms with Gasteiger partial charge in [-0.15, -0.1) is 0 Å². The van der Waals surface area contributed by atoms with Crippen molar-refractivity contribution in [3.63, 3.8) is 0 Å². The van der Waals surface area contributed by atoms with Crippen molar-refractivity contribution in [1.29, 1.82) is 5.26 Å². The van der Waals surface area contributed by atoms with Gasteiger partial charge in [0.25, 0.3) is 0 Å². The topological polar surface area (TPSA) is 73.9 Å². The van der Waals surface area contributed by atoms with Crippen LogP contribution in [0.15, 0.2) is 36.5 Å². The lowest BCUT2D eigenvalue weighted by atomic mass is 10.1. The Bertz CT molecular complexity index is 689. The van der Waals surface area contributed by atoms with E-state index in [-0.39, 0.29) is 6.10 Å². The summed E-state index contributed by atoms with van der Waals surface area (Å²) in [5.74, 6) is 0.360. The molecular formula is C19H24N4O. The molecule has 1 saturated carbocycles. The normalized spacial score (nSPS) is 20.2. The van der Waals surface area contributed by atoms with Gasteiger partial charge >= 0.3 is 0 Å². The summed E-state index contributed by atoms with van der Waals surface area (Å²) < 4.78 is 1.85. The number of rotatable bonds is 7. The monoisotopic (exact) mass is 324 g/mol. The molecule has 2 N–H and O–H groups in total. The van der Waals surface area contributed by atoms with E-state index in [1.165, 1.54) is 0 Å². The molecule has 2 aromatic rings. The summed E-state index contributed by atoms with van der Waals surface area (Å²) in [7, 11) is 0. The maximum atomic E-state index is 9.93. The third-order valence-corrected chi connectivity index (χ3v) is 4.68. The summed E-state index contributed by atoms with van der Waals surface area (Å²) in [5, 5.41) is 26.8.